The Kier molecular flexibility index (Phi) is 3.66. The number of pyridine rings is 1. The van der Waals surface area contributed by atoms with Crippen LogP contribution in [0.5, 0.6) is 0 Å². The van der Waals surface area contributed by atoms with Gasteiger partial charge in [0, 0.05) is 24.5 Å². The molecule has 5 heteroatoms. The summed E-state index contributed by atoms with van der Waals surface area (Å²) in [5.41, 5.74) is 7.89. The van der Waals surface area contributed by atoms with Crippen LogP contribution in [-0.4, -0.2) is 17.4 Å². The minimum Gasteiger partial charge on any atom is -0.324 e. The number of hydrogen-bond donors (Lipinski definition) is 1. The summed E-state index contributed by atoms with van der Waals surface area (Å²) in [6.07, 6.45) is 4.07. The molecule has 0 spiro atoms. The summed E-state index contributed by atoms with van der Waals surface area (Å²) in [6.45, 7) is 0.533. The Bertz CT molecular complexity index is 674. The molecule has 1 amide bonds. The predicted molar refractivity (Wildman–Crippen MR) is 78.5 cm³/mol. The van der Waals surface area contributed by atoms with Crippen LogP contribution in [0.4, 0.5) is 10.1 Å². The molecule has 0 saturated carbocycles. The molecule has 2 N–H and O–H groups in total. The van der Waals surface area contributed by atoms with Crippen molar-refractivity contribution in [1.82, 2.24) is 4.98 Å². The van der Waals surface area contributed by atoms with Crippen LogP contribution in [0.1, 0.15) is 34.8 Å². The zero-order chi connectivity index (χ0) is 14.8. The number of rotatable bonds is 1. The summed E-state index contributed by atoms with van der Waals surface area (Å²) in [4.78, 5) is 18.0. The normalized spacial score (nSPS) is 18.0. The van der Waals surface area contributed by atoms with E-state index in [9.17, 15) is 9.18 Å². The average Bonchev–Trinajstić information content (AvgIpc) is 2.67. The number of amides is 1. The highest BCUT2D eigenvalue weighted by molar-refractivity contribution is 6.06. The number of halogens is 1. The van der Waals surface area contributed by atoms with E-state index >= 15 is 0 Å². The molecule has 2 heterocycles. The van der Waals surface area contributed by atoms with Crippen molar-refractivity contribution in [2.75, 3.05) is 11.4 Å². The summed E-state index contributed by atoms with van der Waals surface area (Å²) < 4.78 is 13.8. The molecule has 4 nitrogen and oxygen atoms in total. The van der Waals surface area contributed by atoms with Gasteiger partial charge in [0.1, 0.15) is 0 Å². The molecule has 1 aromatic carbocycles. The highest BCUT2D eigenvalue weighted by atomic mass is 19.1. The van der Waals surface area contributed by atoms with Crippen molar-refractivity contribution >= 4 is 11.6 Å². The lowest BCUT2D eigenvalue weighted by atomic mass is 10.0. The van der Waals surface area contributed by atoms with Crippen molar-refractivity contribution in [2.45, 2.75) is 18.9 Å². The second-order valence-electron chi connectivity index (χ2n) is 5.12. The fourth-order valence-electron chi connectivity index (χ4n) is 2.70. The number of carbonyl (C=O) groups excluding carboxylic acids is 1. The van der Waals surface area contributed by atoms with Gasteiger partial charge < -0.3 is 10.6 Å². The van der Waals surface area contributed by atoms with Crippen molar-refractivity contribution in [2.24, 2.45) is 5.73 Å². The van der Waals surface area contributed by atoms with Gasteiger partial charge in [-0.25, -0.2) is 4.39 Å². The molecular formula is C16H16FN3O. The van der Waals surface area contributed by atoms with Crippen LogP contribution in [0.25, 0.3) is 0 Å². The quantitative estimate of drug-likeness (QED) is 0.876. The van der Waals surface area contributed by atoms with Crippen LogP contribution in [0.15, 0.2) is 42.7 Å². The Balaban J connectivity index is 2.04. The second kappa shape index (κ2) is 5.61. The van der Waals surface area contributed by atoms with Crippen LogP contribution in [0.3, 0.4) is 0 Å². The summed E-state index contributed by atoms with van der Waals surface area (Å²) >= 11 is 0. The lowest BCUT2D eigenvalue weighted by Gasteiger charge is -2.23. The minimum atomic E-state index is -0.603. The summed E-state index contributed by atoms with van der Waals surface area (Å²) in [5.74, 6) is -0.954. The molecular weight excluding hydrogens is 269 g/mol. The van der Waals surface area contributed by atoms with Gasteiger partial charge in [0.05, 0.1) is 11.8 Å². The standard InChI is InChI=1S/C16H16FN3O/c17-13-10-19-8-7-11(13)16(21)20-9-3-5-14(18)12-4-1-2-6-15(12)20/h1-2,4,6-8,10,14H,3,5,9,18H2. The van der Waals surface area contributed by atoms with Crippen molar-refractivity contribution in [3.8, 4) is 0 Å². The number of hydrogen-bond acceptors (Lipinski definition) is 3. The lowest BCUT2D eigenvalue weighted by Crippen LogP contribution is -2.32. The zero-order valence-corrected chi connectivity index (χ0v) is 11.5. The molecule has 1 aliphatic rings. The van der Waals surface area contributed by atoms with E-state index in [2.05, 4.69) is 4.98 Å². The van der Waals surface area contributed by atoms with Gasteiger partial charge in [0.2, 0.25) is 0 Å². The molecule has 0 saturated heterocycles. The Morgan fingerprint density at radius 2 is 2.14 bits per heavy atom. The SMILES string of the molecule is NC1CCCN(C(=O)c2ccncc2F)c2ccccc21. The Hall–Kier alpha value is -2.27. The van der Waals surface area contributed by atoms with Gasteiger partial charge in [-0.15, -0.1) is 0 Å². The first-order valence-corrected chi connectivity index (χ1v) is 6.94. The molecule has 0 fully saturated rings. The van der Waals surface area contributed by atoms with Gasteiger partial charge in [0.15, 0.2) is 5.82 Å². The summed E-state index contributed by atoms with van der Waals surface area (Å²) in [6, 6.07) is 8.86. The number of aromatic nitrogens is 1. The lowest BCUT2D eigenvalue weighted by molar-refractivity contribution is 0.0983. The van der Waals surface area contributed by atoms with E-state index < -0.39 is 5.82 Å². The maximum atomic E-state index is 13.8. The Morgan fingerprint density at radius 3 is 2.95 bits per heavy atom. The number of carbonyl (C=O) groups is 1. The van der Waals surface area contributed by atoms with E-state index in [-0.39, 0.29) is 17.5 Å². The molecule has 1 atom stereocenters. The van der Waals surface area contributed by atoms with E-state index in [4.69, 9.17) is 5.73 Å². The third-order valence-electron chi connectivity index (χ3n) is 3.77. The maximum absolute atomic E-state index is 13.8. The van der Waals surface area contributed by atoms with E-state index in [1.807, 2.05) is 24.3 Å². The Morgan fingerprint density at radius 1 is 1.33 bits per heavy atom. The van der Waals surface area contributed by atoms with Crippen molar-refractivity contribution < 1.29 is 9.18 Å². The van der Waals surface area contributed by atoms with Gasteiger partial charge >= 0.3 is 0 Å². The predicted octanol–water partition coefficient (Wildman–Crippen LogP) is 2.66. The monoisotopic (exact) mass is 285 g/mol. The van der Waals surface area contributed by atoms with Crippen molar-refractivity contribution in [1.29, 1.82) is 0 Å². The number of para-hydroxylation sites is 1. The van der Waals surface area contributed by atoms with Gasteiger partial charge in [-0.3, -0.25) is 9.78 Å². The molecule has 21 heavy (non-hydrogen) atoms. The summed E-state index contributed by atoms with van der Waals surface area (Å²) in [5, 5.41) is 0. The van der Waals surface area contributed by atoms with Gasteiger partial charge in [-0.05, 0) is 30.5 Å². The van der Waals surface area contributed by atoms with Crippen molar-refractivity contribution in [3.05, 3.63) is 59.7 Å². The molecule has 0 aliphatic carbocycles. The van der Waals surface area contributed by atoms with Crippen LogP contribution < -0.4 is 10.6 Å². The largest absolute Gasteiger partial charge is 0.324 e. The van der Waals surface area contributed by atoms with E-state index in [1.165, 1.54) is 12.3 Å². The molecule has 0 bridgehead atoms. The number of fused-ring (bicyclic) bond motifs is 1. The number of nitrogens with zero attached hydrogens (tertiary/aromatic N) is 2. The van der Waals surface area contributed by atoms with E-state index in [0.717, 1.165) is 30.3 Å². The molecule has 3 rings (SSSR count). The number of anilines is 1. The first-order chi connectivity index (χ1) is 10.2. The van der Waals surface area contributed by atoms with Crippen LogP contribution in [-0.2, 0) is 0 Å². The van der Waals surface area contributed by atoms with E-state index in [0.29, 0.717) is 6.54 Å². The third-order valence-corrected chi connectivity index (χ3v) is 3.77. The molecule has 0 radical (unpaired) electrons. The molecule has 1 unspecified atom stereocenters. The number of benzene rings is 1. The van der Waals surface area contributed by atoms with Gasteiger partial charge in [0.25, 0.3) is 5.91 Å². The molecule has 1 aromatic heterocycles. The first kappa shape index (κ1) is 13.7. The fourth-order valence-corrected chi connectivity index (χ4v) is 2.70. The Labute approximate surface area is 122 Å². The van der Waals surface area contributed by atoms with Gasteiger partial charge in [-0.2, -0.15) is 0 Å². The van der Waals surface area contributed by atoms with Crippen LogP contribution in [0, 0.1) is 5.82 Å². The van der Waals surface area contributed by atoms with Crippen molar-refractivity contribution in [3.63, 3.8) is 0 Å². The fraction of sp³-hybridized carbons (Fsp3) is 0.250. The first-order valence-electron chi connectivity index (χ1n) is 6.94. The topological polar surface area (TPSA) is 59.2 Å². The molecule has 2 aromatic rings. The van der Waals surface area contributed by atoms with E-state index in [1.54, 1.807) is 4.90 Å². The maximum Gasteiger partial charge on any atom is 0.261 e. The highest BCUT2D eigenvalue weighted by Crippen LogP contribution is 2.32. The minimum absolute atomic E-state index is 0.0373. The third kappa shape index (κ3) is 2.52. The van der Waals surface area contributed by atoms with Gasteiger partial charge in [-0.1, -0.05) is 18.2 Å². The zero-order valence-electron chi connectivity index (χ0n) is 11.5. The van der Waals surface area contributed by atoms with Crippen LogP contribution >= 0.6 is 0 Å². The molecule has 1 aliphatic heterocycles. The number of nitrogens with two attached hydrogens (primary N) is 1. The van der Waals surface area contributed by atoms with Crippen LogP contribution in [0.2, 0.25) is 0 Å². The smallest absolute Gasteiger partial charge is 0.261 e. The molecule has 108 valence electrons. The second-order valence-corrected chi connectivity index (χ2v) is 5.12. The highest BCUT2D eigenvalue weighted by Gasteiger charge is 2.26. The average molecular weight is 285 g/mol. The summed E-state index contributed by atoms with van der Waals surface area (Å²) in [7, 11) is 0.